The van der Waals surface area contributed by atoms with E-state index in [1.54, 1.807) is 6.07 Å². The molecule has 0 bridgehead atoms. The average molecular weight is 294 g/mol. The maximum absolute atomic E-state index is 13.4. The van der Waals surface area contributed by atoms with Crippen LogP contribution in [0.25, 0.3) is 0 Å². The van der Waals surface area contributed by atoms with E-state index in [2.05, 4.69) is 0 Å². The van der Waals surface area contributed by atoms with Gasteiger partial charge in [-0.1, -0.05) is 11.6 Å². The lowest BCUT2D eigenvalue weighted by atomic mass is 10.1. The van der Waals surface area contributed by atoms with Crippen molar-refractivity contribution >= 4 is 24.0 Å². The highest BCUT2D eigenvalue weighted by atomic mass is 35.5. The van der Waals surface area contributed by atoms with Crippen LogP contribution in [0.3, 0.4) is 0 Å². The van der Waals surface area contributed by atoms with Gasteiger partial charge in [0.05, 0.1) is 11.6 Å². The van der Waals surface area contributed by atoms with E-state index < -0.39 is 5.82 Å². The Kier molecular flexibility index (Phi) is 5.70. The van der Waals surface area contributed by atoms with E-state index >= 15 is 0 Å². The quantitative estimate of drug-likeness (QED) is 0.901. The van der Waals surface area contributed by atoms with E-state index in [9.17, 15) is 4.39 Å². The monoisotopic (exact) mass is 293 g/mol. The molecule has 1 saturated carbocycles. The lowest BCUT2D eigenvalue weighted by Gasteiger charge is -2.14. The maximum atomic E-state index is 13.4. The molecule has 102 valence electrons. The average Bonchev–Trinajstić information content (AvgIpc) is 3.04. The van der Waals surface area contributed by atoms with Gasteiger partial charge in [-0.25, -0.2) is 4.39 Å². The summed E-state index contributed by atoms with van der Waals surface area (Å²) in [7, 11) is 0. The zero-order chi connectivity index (χ0) is 12.4. The number of nitrogens with two attached hydrogens (primary N) is 1. The number of hydrogen-bond acceptors (Lipinski definition) is 2. The second-order valence-corrected chi connectivity index (χ2v) is 5.22. The molecule has 1 aromatic carbocycles. The SMILES string of the molecule is CC(N)Cc1cc(F)c(Cl)cc1OCC1CC1.Cl. The zero-order valence-corrected chi connectivity index (χ0v) is 11.9. The van der Waals surface area contributed by atoms with Crippen LogP contribution in [0.15, 0.2) is 12.1 Å². The van der Waals surface area contributed by atoms with Gasteiger partial charge in [-0.3, -0.25) is 0 Å². The summed E-state index contributed by atoms with van der Waals surface area (Å²) in [6.07, 6.45) is 3.03. The van der Waals surface area contributed by atoms with Gasteiger partial charge in [-0.05, 0) is 43.7 Å². The van der Waals surface area contributed by atoms with Crippen molar-refractivity contribution in [3.8, 4) is 5.75 Å². The first-order valence-electron chi connectivity index (χ1n) is 5.92. The largest absolute Gasteiger partial charge is 0.493 e. The van der Waals surface area contributed by atoms with E-state index in [1.165, 1.54) is 18.9 Å². The van der Waals surface area contributed by atoms with Crippen molar-refractivity contribution in [1.29, 1.82) is 0 Å². The molecule has 1 aliphatic rings. The maximum Gasteiger partial charge on any atom is 0.142 e. The molecule has 0 radical (unpaired) electrons. The molecule has 1 atom stereocenters. The van der Waals surface area contributed by atoms with Crippen molar-refractivity contribution in [2.45, 2.75) is 32.2 Å². The highest BCUT2D eigenvalue weighted by molar-refractivity contribution is 6.30. The molecule has 0 heterocycles. The molecule has 0 spiro atoms. The summed E-state index contributed by atoms with van der Waals surface area (Å²) in [5.74, 6) is 0.906. The molecule has 2 nitrogen and oxygen atoms in total. The molecular formula is C13H18Cl2FNO. The first-order chi connectivity index (χ1) is 8.06. The molecule has 18 heavy (non-hydrogen) atoms. The fourth-order valence-electron chi connectivity index (χ4n) is 1.70. The first-order valence-corrected chi connectivity index (χ1v) is 6.30. The third-order valence-corrected chi connectivity index (χ3v) is 3.11. The third-order valence-electron chi connectivity index (χ3n) is 2.82. The number of halogens is 3. The Labute approximate surface area is 118 Å². The van der Waals surface area contributed by atoms with Crippen molar-refractivity contribution in [3.63, 3.8) is 0 Å². The topological polar surface area (TPSA) is 35.2 Å². The fourth-order valence-corrected chi connectivity index (χ4v) is 1.86. The zero-order valence-electron chi connectivity index (χ0n) is 10.3. The number of ether oxygens (including phenoxy) is 1. The summed E-state index contributed by atoms with van der Waals surface area (Å²) in [4.78, 5) is 0. The van der Waals surface area contributed by atoms with E-state index in [4.69, 9.17) is 22.1 Å². The lowest BCUT2D eigenvalue weighted by Crippen LogP contribution is -2.18. The van der Waals surface area contributed by atoms with Crippen LogP contribution in [-0.4, -0.2) is 12.6 Å². The van der Waals surface area contributed by atoms with Crippen LogP contribution in [-0.2, 0) is 6.42 Å². The molecular weight excluding hydrogens is 276 g/mol. The molecule has 2 N–H and O–H groups in total. The first kappa shape index (κ1) is 15.5. The Morgan fingerprint density at radius 3 is 2.72 bits per heavy atom. The minimum atomic E-state index is -0.416. The van der Waals surface area contributed by atoms with Gasteiger partial charge in [-0.15, -0.1) is 12.4 Å². The Hall–Kier alpha value is -0.510. The minimum absolute atomic E-state index is 0. The van der Waals surface area contributed by atoms with E-state index in [0.29, 0.717) is 24.7 Å². The van der Waals surface area contributed by atoms with E-state index in [0.717, 1.165) is 5.56 Å². The van der Waals surface area contributed by atoms with Gasteiger partial charge in [0.15, 0.2) is 0 Å². The number of hydrogen-bond donors (Lipinski definition) is 1. The molecule has 2 rings (SSSR count). The van der Waals surface area contributed by atoms with E-state index in [1.807, 2.05) is 6.92 Å². The van der Waals surface area contributed by atoms with E-state index in [-0.39, 0.29) is 23.5 Å². The second kappa shape index (κ2) is 6.60. The van der Waals surface area contributed by atoms with Crippen molar-refractivity contribution in [3.05, 3.63) is 28.5 Å². The molecule has 0 amide bonds. The normalized spacial score (nSPS) is 16.0. The van der Waals surface area contributed by atoms with Crippen LogP contribution in [0.4, 0.5) is 4.39 Å². The van der Waals surface area contributed by atoms with Gasteiger partial charge < -0.3 is 10.5 Å². The minimum Gasteiger partial charge on any atom is -0.493 e. The van der Waals surface area contributed by atoms with Crippen LogP contribution < -0.4 is 10.5 Å². The van der Waals surface area contributed by atoms with Crippen LogP contribution in [0.2, 0.25) is 5.02 Å². The van der Waals surface area contributed by atoms with Gasteiger partial charge in [0.25, 0.3) is 0 Å². The molecule has 0 aromatic heterocycles. The molecule has 1 aliphatic carbocycles. The van der Waals surface area contributed by atoms with Gasteiger partial charge in [-0.2, -0.15) is 0 Å². The van der Waals surface area contributed by atoms with Crippen molar-refractivity contribution in [2.24, 2.45) is 11.7 Å². The van der Waals surface area contributed by atoms with Gasteiger partial charge in [0.2, 0.25) is 0 Å². The van der Waals surface area contributed by atoms with Crippen molar-refractivity contribution in [1.82, 2.24) is 0 Å². The Morgan fingerprint density at radius 1 is 1.50 bits per heavy atom. The molecule has 0 saturated heterocycles. The van der Waals surface area contributed by atoms with Crippen LogP contribution in [0.5, 0.6) is 5.75 Å². The van der Waals surface area contributed by atoms with Gasteiger partial charge >= 0.3 is 0 Å². The predicted octanol–water partition coefficient (Wildman–Crippen LogP) is 3.58. The highest BCUT2D eigenvalue weighted by Gasteiger charge is 2.22. The number of benzene rings is 1. The summed E-state index contributed by atoms with van der Waals surface area (Å²) in [5, 5.41) is 0.101. The smallest absolute Gasteiger partial charge is 0.142 e. The Balaban J connectivity index is 0.00000162. The Morgan fingerprint density at radius 2 is 2.17 bits per heavy atom. The number of rotatable bonds is 5. The summed E-state index contributed by atoms with van der Waals surface area (Å²) in [5.41, 5.74) is 6.53. The van der Waals surface area contributed by atoms with Crippen molar-refractivity contribution < 1.29 is 9.13 Å². The second-order valence-electron chi connectivity index (χ2n) is 4.81. The van der Waals surface area contributed by atoms with Crippen LogP contribution in [0, 0.1) is 11.7 Å². The molecule has 5 heteroatoms. The molecule has 0 aliphatic heterocycles. The summed E-state index contributed by atoms with van der Waals surface area (Å²) in [6.45, 7) is 2.57. The Bertz CT molecular complexity index is 408. The summed E-state index contributed by atoms with van der Waals surface area (Å²) < 4.78 is 19.1. The molecule has 1 aromatic rings. The van der Waals surface area contributed by atoms with Crippen LogP contribution >= 0.6 is 24.0 Å². The summed E-state index contributed by atoms with van der Waals surface area (Å²) >= 11 is 5.77. The van der Waals surface area contributed by atoms with Gasteiger partial charge in [0.1, 0.15) is 11.6 Å². The van der Waals surface area contributed by atoms with Gasteiger partial charge in [0, 0.05) is 12.1 Å². The molecule has 1 unspecified atom stereocenters. The summed E-state index contributed by atoms with van der Waals surface area (Å²) in [6, 6.07) is 2.95. The lowest BCUT2D eigenvalue weighted by molar-refractivity contribution is 0.296. The van der Waals surface area contributed by atoms with Crippen LogP contribution in [0.1, 0.15) is 25.3 Å². The standard InChI is InChI=1S/C13H17ClFNO.ClH/c1-8(16)4-10-5-12(15)11(14)6-13(10)17-7-9-2-3-9;/h5-6,8-9H,2-4,7,16H2,1H3;1H. The third kappa shape index (κ3) is 4.30. The predicted molar refractivity (Wildman–Crippen MR) is 74.2 cm³/mol. The highest BCUT2D eigenvalue weighted by Crippen LogP contribution is 2.32. The fraction of sp³-hybridized carbons (Fsp3) is 0.538. The molecule has 1 fully saturated rings. The van der Waals surface area contributed by atoms with Crippen molar-refractivity contribution in [2.75, 3.05) is 6.61 Å².